The molecule has 0 atom stereocenters. The Morgan fingerprint density at radius 3 is 2.82 bits per heavy atom. The van der Waals surface area contributed by atoms with E-state index in [0.29, 0.717) is 0 Å². The van der Waals surface area contributed by atoms with Crippen LogP contribution in [-0.4, -0.2) is 15.0 Å². The molecule has 0 saturated carbocycles. The molecule has 0 bridgehead atoms. The summed E-state index contributed by atoms with van der Waals surface area (Å²) in [4.78, 5) is 10.9. The van der Waals surface area contributed by atoms with Crippen molar-refractivity contribution in [2.75, 3.05) is 0 Å². The zero-order valence-corrected chi connectivity index (χ0v) is 7.15. The van der Waals surface area contributed by atoms with Gasteiger partial charge in [0.2, 0.25) is 0 Å². The molecule has 0 aliphatic rings. The van der Waals surface area contributed by atoms with Crippen molar-refractivity contribution < 1.29 is 0 Å². The van der Waals surface area contributed by atoms with Gasteiger partial charge >= 0.3 is 0 Å². The highest BCUT2D eigenvalue weighted by Crippen LogP contribution is 2.03. The number of aromatic amines is 1. The number of imidazole rings is 1. The maximum Gasteiger partial charge on any atom is 0.107 e. The quantitative estimate of drug-likeness (QED) is 0.691. The summed E-state index contributed by atoms with van der Waals surface area (Å²) in [5, 5.41) is 0. The minimum Gasteiger partial charge on any atom is -0.345 e. The molecule has 5 heteroatoms. The number of aromatic nitrogens is 3. The van der Waals surface area contributed by atoms with Crippen molar-refractivity contribution in [3.05, 3.63) is 24.8 Å². The fraction of sp³-hybridized carbons (Fsp3) is 0. The van der Waals surface area contributed by atoms with E-state index in [1.54, 1.807) is 18.7 Å². The molecule has 0 aliphatic carbocycles. The van der Waals surface area contributed by atoms with Crippen LogP contribution >= 0.6 is 24.8 Å². The Morgan fingerprint density at radius 1 is 1.27 bits per heavy atom. The van der Waals surface area contributed by atoms with Gasteiger partial charge in [0.25, 0.3) is 0 Å². The third kappa shape index (κ3) is 1.82. The average molecular weight is 192 g/mol. The maximum absolute atomic E-state index is 4.00. The first-order valence-corrected chi connectivity index (χ1v) is 2.70. The smallest absolute Gasteiger partial charge is 0.107 e. The van der Waals surface area contributed by atoms with Crippen LogP contribution in [0.5, 0.6) is 0 Å². The SMILES string of the molecule is Cl.Cl.c1cc2[nH]cnc2cn1. The van der Waals surface area contributed by atoms with Gasteiger partial charge in [0.05, 0.1) is 18.0 Å². The second-order valence-corrected chi connectivity index (χ2v) is 1.80. The predicted octanol–water partition coefficient (Wildman–Crippen LogP) is 1.80. The first-order valence-electron chi connectivity index (χ1n) is 2.70. The molecule has 0 fully saturated rings. The van der Waals surface area contributed by atoms with E-state index in [9.17, 15) is 0 Å². The second-order valence-electron chi connectivity index (χ2n) is 1.80. The lowest BCUT2D eigenvalue weighted by Crippen LogP contribution is -1.69. The molecular weight excluding hydrogens is 185 g/mol. The summed E-state index contributed by atoms with van der Waals surface area (Å²) in [6.07, 6.45) is 5.12. The fourth-order valence-corrected chi connectivity index (χ4v) is 0.782. The van der Waals surface area contributed by atoms with E-state index in [2.05, 4.69) is 15.0 Å². The van der Waals surface area contributed by atoms with Crippen molar-refractivity contribution >= 4 is 35.8 Å². The molecule has 0 amide bonds. The Labute approximate surface area is 76.1 Å². The lowest BCUT2D eigenvalue weighted by Gasteiger charge is -1.80. The molecule has 0 radical (unpaired) electrons. The lowest BCUT2D eigenvalue weighted by atomic mass is 10.4. The number of H-pyrrole nitrogens is 1. The molecule has 11 heavy (non-hydrogen) atoms. The molecule has 2 heterocycles. The van der Waals surface area contributed by atoms with Crippen molar-refractivity contribution in [1.82, 2.24) is 15.0 Å². The molecule has 3 nitrogen and oxygen atoms in total. The van der Waals surface area contributed by atoms with Gasteiger partial charge in [-0.2, -0.15) is 0 Å². The summed E-state index contributed by atoms with van der Waals surface area (Å²) in [6.45, 7) is 0. The number of nitrogens with zero attached hydrogens (tertiary/aromatic N) is 2. The number of nitrogens with one attached hydrogen (secondary N) is 1. The zero-order chi connectivity index (χ0) is 6.10. The van der Waals surface area contributed by atoms with Crippen LogP contribution in [-0.2, 0) is 0 Å². The monoisotopic (exact) mass is 191 g/mol. The third-order valence-corrected chi connectivity index (χ3v) is 1.22. The number of hydrogen-bond acceptors (Lipinski definition) is 2. The minimum absolute atomic E-state index is 0. The Balaban J connectivity index is 0.000000500. The molecule has 60 valence electrons. The summed E-state index contributed by atoms with van der Waals surface area (Å²) >= 11 is 0. The molecule has 0 spiro atoms. The number of halogens is 2. The molecule has 2 aromatic heterocycles. The number of hydrogen-bond donors (Lipinski definition) is 1. The first-order chi connectivity index (χ1) is 4.47. The number of rotatable bonds is 0. The van der Waals surface area contributed by atoms with Crippen LogP contribution in [0, 0.1) is 0 Å². The summed E-state index contributed by atoms with van der Waals surface area (Å²) in [5.74, 6) is 0. The highest BCUT2D eigenvalue weighted by Gasteiger charge is 1.89. The summed E-state index contributed by atoms with van der Waals surface area (Å²) < 4.78 is 0. The number of fused-ring (bicyclic) bond motifs is 1. The Kier molecular flexibility index (Phi) is 3.85. The molecule has 0 aliphatic heterocycles. The van der Waals surface area contributed by atoms with Gasteiger partial charge in [-0.1, -0.05) is 0 Å². The first kappa shape index (κ1) is 10.2. The Hall–Kier alpha value is -0.800. The van der Waals surface area contributed by atoms with Crippen molar-refractivity contribution in [2.45, 2.75) is 0 Å². The van der Waals surface area contributed by atoms with Gasteiger partial charge < -0.3 is 4.98 Å². The lowest BCUT2D eigenvalue weighted by molar-refractivity contribution is 1.33. The topological polar surface area (TPSA) is 41.6 Å². The molecular formula is C6H7Cl2N3. The van der Waals surface area contributed by atoms with Gasteiger partial charge in [0.1, 0.15) is 5.52 Å². The summed E-state index contributed by atoms with van der Waals surface area (Å²) in [6, 6.07) is 1.89. The van der Waals surface area contributed by atoms with Crippen molar-refractivity contribution in [2.24, 2.45) is 0 Å². The zero-order valence-electron chi connectivity index (χ0n) is 5.52. The molecule has 0 unspecified atom stereocenters. The summed E-state index contributed by atoms with van der Waals surface area (Å²) in [7, 11) is 0. The van der Waals surface area contributed by atoms with Crippen LogP contribution in [0.3, 0.4) is 0 Å². The van der Waals surface area contributed by atoms with Gasteiger partial charge in [0, 0.05) is 6.20 Å². The van der Waals surface area contributed by atoms with Crippen LogP contribution in [0.1, 0.15) is 0 Å². The number of pyridine rings is 1. The van der Waals surface area contributed by atoms with E-state index in [1.807, 2.05) is 6.07 Å². The highest BCUT2D eigenvalue weighted by atomic mass is 35.5. The van der Waals surface area contributed by atoms with Crippen LogP contribution in [0.25, 0.3) is 11.0 Å². The standard InChI is InChI=1S/C6H5N3.2ClH/c1-2-7-3-6-5(1)8-4-9-6;;/h1-4H,(H,8,9);2*1H. The van der Waals surface area contributed by atoms with E-state index < -0.39 is 0 Å². The molecule has 0 aromatic carbocycles. The van der Waals surface area contributed by atoms with Crippen molar-refractivity contribution in [3.63, 3.8) is 0 Å². The van der Waals surface area contributed by atoms with Crippen LogP contribution in [0.2, 0.25) is 0 Å². The largest absolute Gasteiger partial charge is 0.345 e. The predicted molar refractivity (Wildman–Crippen MR) is 48.4 cm³/mol. The van der Waals surface area contributed by atoms with Crippen LogP contribution in [0.15, 0.2) is 24.8 Å². The van der Waals surface area contributed by atoms with E-state index in [1.165, 1.54) is 0 Å². The second kappa shape index (κ2) is 4.16. The maximum atomic E-state index is 4.00. The third-order valence-electron chi connectivity index (χ3n) is 1.22. The average Bonchev–Trinajstić information content (AvgIpc) is 2.33. The van der Waals surface area contributed by atoms with Gasteiger partial charge in [0.15, 0.2) is 0 Å². The minimum atomic E-state index is 0. The van der Waals surface area contributed by atoms with E-state index >= 15 is 0 Å². The molecule has 2 aromatic rings. The Morgan fingerprint density at radius 2 is 2.09 bits per heavy atom. The van der Waals surface area contributed by atoms with E-state index in [0.717, 1.165) is 11.0 Å². The van der Waals surface area contributed by atoms with E-state index in [-0.39, 0.29) is 24.8 Å². The van der Waals surface area contributed by atoms with Crippen LogP contribution in [0.4, 0.5) is 0 Å². The van der Waals surface area contributed by atoms with E-state index in [4.69, 9.17) is 0 Å². The molecule has 2 rings (SSSR count). The van der Waals surface area contributed by atoms with Crippen molar-refractivity contribution in [1.29, 1.82) is 0 Å². The van der Waals surface area contributed by atoms with Crippen LogP contribution < -0.4 is 0 Å². The van der Waals surface area contributed by atoms with Gasteiger partial charge in [-0.25, -0.2) is 4.98 Å². The molecule has 1 N–H and O–H groups in total. The summed E-state index contributed by atoms with van der Waals surface area (Å²) in [5.41, 5.74) is 1.95. The molecule has 0 saturated heterocycles. The van der Waals surface area contributed by atoms with Gasteiger partial charge in [-0.15, -0.1) is 24.8 Å². The Bertz CT molecular complexity index is 290. The van der Waals surface area contributed by atoms with Crippen molar-refractivity contribution in [3.8, 4) is 0 Å². The van der Waals surface area contributed by atoms with Gasteiger partial charge in [-0.05, 0) is 6.07 Å². The normalized spacial score (nSPS) is 8.36. The van der Waals surface area contributed by atoms with Gasteiger partial charge in [-0.3, -0.25) is 4.98 Å². The highest BCUT2D eigenvalue weighted by molar-refractivity contribution is 5.85. The fourth-order valence-electron chi connectivity index (χ4n) is 0.782.